The molecule has 6 nitrogen and oxygen atoms in total. The van der Waals surface area contributed by atoms with Crippen LogP contribution in [0.4, 0.5) is 10.6 Å². The number of carboxylic acid groups (broad SMARTS) is 1. The lowest BCUT2D eigenvalue weighted by atomic mass is 10.3. The van der Waals surface area contributed by atoms with Crippen LogP contribution in [0.25, 0.3) is 0 Å². The molecule has 0 saturated heterocycles. The van der Waals surface area contributed by atoms with Crippen molar-refractivity contribution in [3.63, 3.8) is 0 Å². The van der Waals surface area contributed by atoms with Crippen LogP contribution in [-0.4, -0.2) is 35.8 Å². The number of pyridine rings is 1. The third kappa shape index (κ3) is 3.99. The summed E-state index contributed by atoms with van der Waals surface area (Å²) in [7, 11) is 0. The van der Waals surface area contributed by atoms with Gasteiger partial charge in [-0.1, -0.05) is 0 Å². The topological polar surface area (TPSA) is 89.3 Å². The van der Waals surface area contributed by atoms with Gasteiger partial charge in [-0.15, -0.1) is 0 Å². The zero-order valence-corrected chi connectivity index (χ0v) is 9.55. The predicted molar refractivity (Wildman–Crippen MR) is 62.9 cm³/mol. The molecule has 1 aromatic heterocycles. The number of nitriles is 1. The second-order valence-electron chi connectivity index (χ2n) is 3.33. The van der Waals surface area contributed by atoms with Crippen LogP contribution >= 0.6 is 0 Å². The lowest BCUT2D eigenvalue weighted by Crippen LogP contribution is -2.34. The van der Waals surface area contributed by atoms with E-state index in [-0.39, 0.29) is 0 Å². The van der Waals surface area contributed by atoms with Crippen molar-refractivity contribution in [1.82, 2.24) is 10.3 Å². The van der Waals surface area contributed by atoms with Gasteiger partial charge in [0.2, 0.25) is 0 Å². The molecule has 1 rings (SSSR count). The zero-order chi connectivity index (χ0) is 12.7. The van der Waals surface area contributed by atoms with Crippen molar-refractivity contribution in [3.8, 4) is 6.07 Å². The van der Waals surface area contributed by atoms with Crippen LogP contribution in [0.1, 0.15) is 12.5 Å². The maximum atomic E-state index is 10.3. The van der Waals surface area contributed by atoms with E-state index >= 15 is 0 Å². The second kappa shape index (κ2) is 6.33. The van der Waals surface area contributed by atoms with Gasteiger partial charge in [0.05, 0.1) is 5.56 Å². The Morgan fingerprint density at radius 2 is 2.41 bits per heavy atom. The molecule has 6 heteroatoms. The first-order valence-corrected chi connectivity index (χ1v) is 5.25. The van der Waals surface area contributed by atoms with E-state index in [0.717, 1.165) is 12.4 Å². The minimum Gasteiger partial charge on any atom is -0.465 e. The number of hydrogen-bond donors (Lipinski definition) is 2. The van der Waals surface area contributed by atoms with Gasteiger partial charge < -0.3 is 15.3 Å². The van der Waals surface area contributed by atoms with Crippen LogP contribution in [0.2, 0.25) is 0 Å². The van der Waals surface area contributed by atoms with Crippen molar-refractivity contribution >= 4 is 11.9 Å². The summed E-state index contributed by atoms with van der Waals surface area (Å²) in [6.45, 7) is 3.56. The summed E-state index contributed by atoms with van der Waals surface area (Å²) in [4.78, 5) is 16.4. The van der Waals surface area contributed by atoms with E-state index in [1.54, 1.807) is 12.1 Å². The van der Waals surface area contributed by atoms with Gasteiger partial charge in [0.25, 0.3) is 0 Å². The van der Waals surface area contributed by atoms with Gasteiger partial charge in [0.15, 0.2) is 0 Å². The molecule has 90 valence electrons. The number of likely N-dealkylation sites (N-methyl/N-ethyl adjacent to an activating group) is 1. The van der Waals surface area contributed by atoms with Crippen molar-refractivity contribution in [3.05, 3.63) is 23.9 Å². The zero-order valence-electron chi connectivity index (χ0n) is 9.55. The van der Waals surface area contributed by atoms with Crippen molar-refractivity contribution in [2.75, 3.05) is 24.5 Å². The quantitative estimate of drug-likeness (QED) is 0.794. The van der Waals surface area contributed by atoms with Gasteiger partial charge >= 0.3 is 6.09 Å². The summed E-state index contributed by atoms with van der Waals surface area (Å²) in [6, 6.07) is 5.44. The van der Waals surface area contributed by atoms with Gasteiger partial charge in [0.1, 0.15) is 11.9 Å². The van der Waals surface area contributed by atoms with Gasteiger partial charge in [-0.3, -0.25) is 0 Å². The predicted octanol–water partition coefficient (Wildman–Crippen LogP) is 1.05. The Balaban J connectivity index is 2.60. The number of hydrogen-bond acceptors (Lipinski definition) is 4. The van der Waals surface area contributed by atoms with E-state index in [2.05, 4.69) is 10.3 Å². The lowest BCUT2D eigenvalue weighted by molar-refractivity contribution is 0.195. The molecule has 0 atom stereocenters. The average molecular weight is 234 g/mol. The molecule has 17 heavy (non-hydrogen) atoms. The molecule has 0 saturated carbocycles. The van der Waals surface area contributed by atoms with Crippen LogP contribution in [0.15, 0.2) is 18.3 Å². The fraction of sp³-hybridized carbons (Fsp3) is 0.364. The standard InChI is InChI=1S/C11H14N4O2/c1-2-15(6-5-13-11(16)17)10-4-3-9(7-12)8-14-10/h3-4,8,13H,2,5-6H2,1H3,(H,16,17). The number of amides is 1. The molecule has 0 aliphatic rings. The number of rotatable bonds is 5. The van der Waals surface area contributed by atoms with Crippen LogP contribution < -0.4 is 10.2 Å². The number of nitrogens with one attached hydrogen (secondary N) is 1. The molecule has 0 aromatic carbocycles. The molecule has 0 unspecified atom stereocenters. The molecule has 1 amide bonds. The largest absolute Gasteiger partial charge is 0.465 e. The van der Waals surface area contributed by atoms with Crippen molar-refractivity contribution < 1.29 is 9.90 Å². The minimum absolute atomic E-state index is 0.338. The fourth-order valence-electron chi connectivity index (χ4n) is 1.37. The van der Waals surface area contributed by atoms with E-state index in [0.29, 0.717) is 18.7 Å². The fourth-order valence-corrected chi connectivity index (χ4v) is 1.37. The first-order chi connectivity index (χ1) is 8.17. The molecule has 0 fully saturated rings. The Bertz CT molecular complexity index is 410. The number of carbonyl (C=O) groups is 1. The normalized spacial score (nSPS) is 9.41. The van der Waals surface area contributed by atoms with Crippen LogP contribution in [0.3, 0.4) is 0 Å². The van der Waals surface area contributed by atoms with Crippen molar-refractivity contribution in [1.29, 1.82) is 5.26 Å². The molecule has 0 aliphatic carbocycles. The lowest BCUT2D eigenvalue weighted by Gasteiger charge is -2.21. The van der Waals surface area contributed by atoms with E-state index in [1.165, 1.54) is 6.20 Å². The van der Waals surface area contributed by atoms with E-state index in [4.69, 9.17) is 10.4 Å². The molecule has 0 bridgehead atoms. The number of anilines is 1. The SMILES string of the molecule is CCN(CCNC(=O)O)c1ccc(C#N)cn1. The minimum atomic E-state index is -1.03. The summed E-state index contributed by atoms with van der Waals surface area (Å²) in [5.74, 6) is 0.735. The summed E-state index contributed by atoms with van der Waals surface area (Å²) in [5, 5.41) is 19.4. The smallest absolute Gasteiger partial charge is 0.404 e. The molecule has 1 heterocycles. The highest BCUT2D eigenvalue weighted by Crippen LogP contribution is 2.09. The second-order valence-corrected chi connectivity index (χ2v) is 3.33. The van der Waals surface area contributed by atoms with Crippen molar-refractivity contribution in [2.45, 2.75) is 6.92 Å². The monoisotopic (exact) mass is 234 g/mol. The maximum absolute atomic E-state index is 10.3. The van der Waals surface area contributed by atoms with Gasteiger partial charge in [-0.05, 0) is 19.1 Å². The molecular formula is C11H14N4O2. The summed E-state index contributed by atoms with van der Waals surface area (Å²) in [5.41, 5.74) is 0.508. The Labute approximate surface area is 99.5 Å². The molecule has 0 spiro atoms. The summed E-state index contributed by atoms with van der Waals surface area (Å²) in [6.07, 6.45) is 0.469. The highest BCUT2D eigenvalue weighted by atomic mass is 16.4. The number of nitrogens with zero attached hydrogens (tertiary/aromatic N) is 3. The first kappa shape index (κ1) is 12.8. The third-order valence-corrected chi connectivity index (χ3v) is 2.24. The Morgan fingerprint density at radius 1 is 1.65 bits per heavy atom. The Hall–Kier alpha value is -2.29. The number of aromatic nitrogens is 1. The Morgan fingerprint density at radius 3 is 2.88 bits per heavy atom. The highest BCUT2D eigenvalue weighted by molar-refractivity contribution is 5.64. The first-order valence-electron chi connectivity index (χ1n) is 5.25. The van der Waals surface area contributed by atoms with Crippen LogP contribution in [-0.2, 0) is 0 Å². The third-order valence-electron chi connectivity index (χ3n) is 2.24. The molecular weight excluding hydrogens is 220 g/mol. The van der Waals surface area contributed by atoms with Crippen molar-refractivity contribution in [2.24, 2.45) is 0 Å². The molecule has 0 aliphatic heterocycles. The summed E-state index contributed by atoms with van der Waals surface area (Å²) >= 11 is 0. The van der Waals surface area contributed by atoms with Crippen LogP contribution in [0.5, 0.6) is 0 Å². The summed E-state index contributed by atoms with van der Waals surface area (Å²) < 4.78 is 0. The van der Waals surface area contributed by atoms with Crippen LogP contribution in [0, 0.1) is 11.3 Å². The Kier molecular flexibility index (Phi) is 4.76. The maximum Gasteiger partial charge on any atom is 0.404 e. The highest BCUT2D eigenvalue weighted by Gasteiger charge is 2.05. The molecule has 2 N–H and O–H groups in total. The molecule has 0 radical (unpaired) electrons. The van der Waals surface area contributed by atoms with E-state index in [1.807, 2.05) is 17.9 Å². The van der Waals surface area contributed by atoms with Gasteiger partial charge in [-0.25, -0.2) is 9.78 Å². The van der Waals surface area contributed by atoms with E-state index < -0.39 is 6.09 Å². The average Bonchev–Trinajstić information content (AvgIpc) is 2.34. The molecule has 1 aromatic rings. The van der Waals surface area contributed by atoms with E-state index in [9.17, 15) is 4.79 Å². The van der Waals surface area contributed by atoms with Gasteiger partial charge in [0, 0.05) is 25.8 Å². The van der Waals surface area contributed by atoms with Gasteiger partial charge in [-0.2, -0.15) is 5.26 Å².